The molecule has 1 aliphatic rings. The van der Waals surface area contributed by atoms with Gasteiger partial charge in [0.1, 0.15) is 6.23 Å². The van der Waals surface area contributed by atoms with Crippen LogP contribution in [0.5, 0.6) is 0 Å². The van der Waals surface area contributed by atoms with Crippen molar-refractivity contribution >= 4 is 23.0 Å². The molecule has 1 aromatic rings. The quantitative estimate of drug-likeness (QED) is 0.680. The lowest BCUT2D eigenvalue weighted by Crippen LogP contribution is -2.31. The molecule has 1 heterocycles. The van der Waals surface area contributed by atoms with E-state index in [1.807, 2.05) is 32.0 Å². The predicted molar refractivity (Wildman–Crippen MR) is 83.6 cm³/mol. The first kappa shape index (κ1) is 15.2. The summed E-state index contributed by atoms with van der Waals surface area (Å²) in [5.41, 5.74) is 6.68. The third kappa shape index (κ3) is 3.11. The van der Waals surface area contributed by atoms with E-state index in [9.17, 15) is 4.79 Å². The maximum absolute atomic E-state index is 12.4. The molecule has 0 saturated carbocycles. The number of amides is 1. The van der Waals surface area contributed by atoms with Gasteiger partial charge in [0.2, 0.25) is 0 Å². The largest absolute Gasteiger partial charge is 0.361 e. The number of ether oxygens (including phenoxy) is 1. The van der Waals surface area contributed by atoms with Gasteiger partial charge < -0.3 is 4.74 Å². The lowest BCUT2D eigenvalue weighted by molar-refractivity contribution is -0.112. The van der Waals surface area contributed by atoms with Crippen molar-refractivity contribution in [1.29, 1.82) is 0 Å². The third-order valence-electron chi connectivity index (χ3n) is 3.43. The van der Waals surface area contributed by atoms with Crippen LogP contribution < -0.4 is 10.4 Å². The molecule has 6 heteroatoms. The monoisotopic (exact) mass is 288 g/mol. The van der Waals surface area contributed by atoms with E-state index in [1.54, 1.807) is 21.0 Å². The van der Waals surface area contributed by atoms with Crippen LogP contribution in [0.1, 0.15) is 25.0 Å². The van der Waals surface area contributed by atoms with Crippen molar-refractivity contribution < 1.29 is 9.53 Å². The van der Waals surface area contributed by atoms with Crippen LogP contribution in [0.4, 0.5) is 5.69 Å². The fourth-order valence-electron chi connectivity index (χ4n) is 1.87. The molecule has 1 aliphatic heterocycles. The summed E-state index contributed by atoms with van der Waals surface area (Å²) in [6, 6.07) is 5.80. The number of nitrogens with zero attached hydrogens (tertiary/aromatic N) is 3. The van der Waals surface area contributed by atoms with Gasteiger partial charge in [-0.1, -0.05) is 6.07 Å². The van der Waals surface area contributed by atoms with Gasteiger partial charge in [0.25, 0.3) is 0 Å². The summed E-state index contributed by atoms with van der Waals surface area (Å²) in [5.74, 6) is -0.244. The van der Waals surface area contributed by atoms with Crippen molar-refractivity contribution in [3.8, 4) is 0 Å². The number of anilines is 1. The van der Waals surface area contributed by atoms with E-state index in [-0.39, 0.29) is 12.1 Å². The fraction of sp³-hybridized carbons (Fsp3) is 0.400. The van der Waals surface area contributed by atoms with Gasteiger partial charge in [-0.2, -0.15) is 15.2 Å². The van der Waals surface area contributed by atoms with Gasteiger partial charge in [0.05, 0.1) is 11.4 Å². The van der Waals surface area contributed by atoms with Gasteiger partial charge in [-0.15, -0.1) is 0 Å². The number of rotatable bonds is 4. The second-order valence-electron chi connectivity index (χ2n) is 5.04. The second kappa shape index (κ2) is 6.05. The minimum atomic E-state index is -0.270. The average molecular weight is 288 g/mol. The normalized spacial score (nSPS) is 18.1. The minimum Gasteiger partial charge on any atom is -0.361 e. The lowest BCUT2D eigenvalue weighted by Gasteiger charge is -2.13. The smallest absolute Gasteiger partial charge is 0.301 e. The molecular formula is C15H20N4O2. The van der Waals surface area contributed by atoms with Crippen molar-refractivity contribution in [3.63, 3.8) is 0 Å². The van der Waals surface area contributed by atoms with Crippen LogP contribution in [0.2, 0.25) is 0 Å². The van der Waals surface area contributed by atoms with Crippen molar-refractivity contribution in [2.24, 2.45) is 10.2 Å². The number of nitrogens with one attached hydrogen (secondary N) is 1. The molecule has 0 spiro atoms. The maximum Gasteiger partial charge on any atom is 0.301 e. The average Bonchev–Trinajstić information content (AvgIpc) is 2.74. The molecule has 1 unspecified atom stereocenters. The minimum absolute atomic E-state index is 0.244. The molecule has 0 fully saturated rings. The van der Waals surface area contributed by atoms with Gasteiger partial charge in [-0.25, -0.2) is 0 Å². The van der Waals surface area contributed by atoms with Crippen molar-refractivity contribution in [2.45, 2.75) is 33.9 Å². The Morgan fingerprint density at radius 2 is 2.00 bits per heavy atom. The van der Waals surface area contributed by atoms with E-state index >= 15 is 0 Å². The van der Waals surface area contributed by atoms with E-state index in [0.29, 0.717) is 11.4 Å². The van der Waals surface area contributed by atoms with Crippen molar-refractivity contribution in [1.82, 2.24) is 5.43 Å². The zero-order valence-electron chi connectivity index (χ0n) is 13.0. The van der Waals surface area contributed by atoms with Crippen LogP contribution in [-0.4, -0.2) is 30.7 Å². The molecule has 112 valence electrons. The molecule has 21 heavy (non-hydrogen) atoms. The van der Waals surface area contributed by atoms with Crippen LogP contribution >= 0.6 is 0 Å². The maximum atomic E-state index is 12.4. The summed E-state index contributed by atoms with van der Waals surface area (Å²) < 4.78 is 5.04. The highest BCUT2D eigenvalue weighted by Gasteiger charge is 2.30. The van der Waals surface area contributed by atoms with E-state index in [1.165, 1.54) is 10.6 Å². The highest BCUT2D eigenvalue weighted by atomic mass is 16.5. The topological polar surface area (TPSA) is 66.3 Å². The first-order valence-electron chi connectivity index (χ1n) is 6.77. The Balaban J connectivity index is 2.25. The van der Waals surface area contributed by atoms with E-state index in [4.69, 9.17) is 4.74 Å². The highest BCUT2D eigenvalue weighted by molar-refractivity contribution is 6.71. The third-order valence-corrected chi connectivity index (χ3v) is 3.43. The first-order chi connectivity index (χ1) is 9.93. The molecule has 2 rings (SSSR count). The Kier molecular flexibility index (Phi) is 4.37. The number of benzene rings is 1. The Labute approximate surface area is 124 Å². The Morgan fingerprint density at radius 1 is 1.29 bits per heavy atom. The summed E-state index contributed by atoms with van der Waals surface area (Å²) in [6.45, 7) is 7.60. The molecule has 6 nitrogen and oxygen atoms in total. The molecule has 0 aromatic heterocycles. The number of carbonyl (C=O) groups excluding carboxylic acids is 1. The zero-order valence-corrected chi connectivity index (χ0v) is 13.0. The van der Waals surface area contributed by atoms with Gasteiger partial charge in [-0.05, 0) is 51.0 Å². The van der Waals surface area contributed by atoms with Crippen LogP contribution in [0.25, 0.3) is 0 Å². The van der Waals surface area contributed by atoms with Gasteiger partial charge >= 0.3 is 5.91 Å². The molecule has 1 atom stereocenters. The standard InChI is InChI=1S/C15H20N4O2/c1-9-6-7-13(8-10(9)2)19-15(20)14(11(3)18-19)17-16-12(4)21-5/h6-8,12,16H,1-5H3/b17-14+. The van der Waals surface area contributed by atoms with E-state index in [2.05, 4.69) is 15.6 Å². The highest BCUT2D eigenvalue weighted by Crippen LogP contribution is 2.22. The van der Waals surface area contributed by atoms with E-state index in [0.717, 1.165) is 11.3 Å². The molecule has 1 aromatic carbocycles. The van der Waals surface area contributed by atoms with Gasteiger partial charge in [0.15, 0.2) is 5.71 Å². The first-order valence-corrected chi connectivity index (χ1v) is 6.77. The SMILES string of the molecule is COC(C)N/N=C1/C(=O)N(c2ccc(C)c(C)c2)N=C1C. The fourth-order valence-corrected chi connectivity index (χ4v) is 1.87. The number of carbonyl (C=O) groups is 1. The Morgan fingerprint density at radius 3 is 2.62 bits per heavy atom. The number of hydrazone groups is 2. The Bertz CT molecular complexity index is 622. The summed E-state index contributed by atoms with van der Waals surface area (Å²) in [4.78, 5) is 12.4. The number of hydrogen-bond acceptors (Lipinski definition) is 5. The van der Waals surface area contributed by atoms with Crippen molar-refractivity contribution in [3.05, 3.63) is 29.3 Å². The lowest BCUT2D eigenvalue weighted by atomic mass is 10.1. The summed E-state index contributed by atoms with van der Waals surface area (Å²) in [7, 11) is 1.57. The summed E-state index contributed by atoms with van der Waals surface area (Å²) >= 11 is 0. The Hall–Kier alpha value is -2.21. The number of aryl methyl sites for hydroxylation is 2. The number of hydrogen-bond donors (Lipinski definition) is 1. The van der Waals surface area contributed by atoms with Crippen molar-refractivity contribution in [2.75, 3.05) is 12.1 Å². The molecule has 1 amide bonds. The molecule has 0 radical (unpaired) electrons. The van der Waals surface area contributed by atoms with Crippen LogP contribution in [0, 0.1) is 13.8 Å². The molecular weight excluding hydrogens is 268 g/mol. The van der Waals surface area contributed by atoms with Gasteiger partial charge in [0, 0.05) is 7.11 Å². The summed E-state index contributed by atoms with van der Waals surface area (Å²) in [5, 5.41) is 9.75. The van der Waals surface area contributed by atoms with Crippen LogP contribution in [0.15, 0.2) is 28.4 Å². The van der Waals surface area contributed by atoms with Crippen LogP contribution in [0.3, 0.4) is 0 Å². The zero-order chi connectivity index (χ0) is 15.6. The predicted octanol–water partition coefficient (Wildman–Crippen LogP) is 1.96. The van der Waals surface area contributed by atoms with Gasteiger partial charge in [-0.3, -0.25) is 10.2 Å². The molecule has 0 saturated heterocycles. The van der Waals surface area contributed by atoms with Crippen LogP contribution in [-0.2, 0) is 9.53 Å². The molecule has 0 bridgehead atoms. The number of methoxy groups -OCH3 is 1. The molecule has 1 N–H and O–H groups in total. The second-order valence-corrected chi connectivity index (χ2v) is 5.04. The van der Waals surface area contributed by atoms with E-state index < -0.39 is 0 Å². The molecule has 0 aliphatic carbocycles. The summed E-state index contributed by atoms with van der Waals surface area (Å²) in [6.07, 6.45) is -0.270.